The first kappa shape index (κ1) is 13.7. The number of carbonyl (C=O) groups excluding carboxylic acids is 1. The van der Waals surface area contributed by atoms with E-state index in [1.54, 1.807) is 19.2 Å². The second-order valence-corrected chi connectivity index (χ2v) is 5.13. The fourth-order valence-electron chi connectivity index (χ4n) is 2.47. The van der Waals surface area contributed by atoms with E-state index in [1.165, 1.54) is 6.42 Å². The molecule has 0 saturated carbocycles. The number of nitrogens with zero attached hydrogens (tertiary/aromatic N) is 1. The van der Waals surface area contributed by atoms with Gasteiger partial charge in [0.2, 0.25) is 0 Å². The van der Waals surface area contributed by atoms with Gasteiger partial charge in [-0.3, -0.25) is 4.79 Å². The van der Waals surface area contributed by atoms with Gasteiger partial charge in [-0.2, -0.15) is 0 Å². The molecular formula is C14H22N4O. The lowest BCUT2D eigenvalue weighted by Gasteiger charge is -2.31. The van der Waals surface area contributed by atoms with E-state index in [0.717, 1.165) is 25.2 Å². The van der Waals surface area contributed by atoms with Crippen molar-refractivity contribution in [3.05, 3.63) is 23.8 Å². The highest BCUT2D eigenvalue weighted by Crippen LogP contribution is 2.23. The molecule has 1 amide bonds. The van der Waals surface area contributed by atoms with Crippen molar-refractivity contribution < 1.29 is 4.79 Å². The number of nitrogens with one attached hydrogen (secondary N) is 2. The second-order valence-electron chi connectivity index (χ2n) is 5.13. The molecule has 0 radical (unpaired) electrons. The standard InChI is InChI=1S/C14H22N4O/c1-16-14(19)10-5-6-12(15)13(8-10)17-11-4-3-7-18(2)9-11/h5-6,8,11,17H,3-4,7,9,15H2,1-2H3,(H,16,19). The average molecular weight is 262 g/mol. The van der Waals surface area contributed by atoms with Crippen LogP contribution in [0.2, 0.25) is 0 Å². The maximum atomic E-state index is 11.6. The van der Waals surface area contributed by atoms with Gasteiger partial charge in [0.1, 0.15) is 0 Å². The summed E-state index contributed by atoms with van der Waals surface area (Å²) in [5.74, 6) is -0.0937. The van der Waals surface area contributed by atoms with Crippen LogP contribution in [-0.2, 0) is 0 Å². The van der Waals surface area contributed by atoms with Crippen LogP contribution in [0.25, 0.3) is 0 Å². The lowest BCUT2D eigenvalue weighted by molar-refractivity contribution is 0.0963. The van der Waals surface area contributed by atoms with Gasteiger partial charge in [-0.1, -0.05) is 0 Å². The second kappa shape index (κ2) is 5.93. The van der Waals surface area contributed by atoms with Crippen LogP contribution in [0, 0.1) is 0 Å². The topological polar surface area (TPSA) is 70.4 Å². The molecule has 1 aromatic carbocycles. The summed E-state index contributed by atoms with van der Waals surface area (Å²) in [5, 5.41) is 6.08. The Kier molecular flexibility index (Phi) is 4.27. The van der Waals surface area contributed by atoms with Gasteiger partial charge in [0.15, 0.2) is 0 Å². The fourth-order valence-corrected chi connectivity index (χ4v) is 2.47. The molecule has 0 bridgehead atoms. The molecule has 1 fully saturated rings. The van der Waals surface area contributed by atoms with Gasteiger partial charge in [-0.15, -0.1) is 0 Å². The van der Waals surface area contributed by atoms with E-state index < -0.39 is 0 Å². The number of likely N-dealkylation sites (tertiary alicyclic amines) is 1. The zero-order valence-electron chi connectivity index (χ0n) is 11.6. The lowest BCUT2D eigenvalue weighted by atomic mass is 10.1. The van der Waals surface area contributed by atoms with Gasteiger partial charge >= 0.3 is 0 Å². The maximum Gasteiger partial charge on any atom is 0.251 e. The molecule has 0 aromatic heterocycles. The maximum absolute atomic E-state index is 11.6. The molecule has 4 N–H and O–H groups in total. The molecule has 1 aliphatic heterocycles. The van der Waals surface area contributed by atoms with Crippen molar-refractivity contribution in [2.24, 2.45) is 0 Å². The van der Waals surface area contributed by atoms with Crippen molar-refractivity contribution in [1.29, 1.82) is 0 Å². The molecule has 5 heteroatoms. The monoisotopic (exact) mass is 262 g/mol. The first-order valence-electron chi connectivity index (χ1n) is 6.67. The van der Waals surface area contributed by atoms with Gasteiger partial charge in [0.25, 0.3) is 5.91 Å². The number of hydrogen-bond acceptors (Lipinski definition) is 4. The third-order valence-electron chi connectivity index (χ3n) is 3.53. The molecular weight excluding hydrogens is 240 g/mol. The summed E-state index contributed by atoms with van der Waals surface area (Å²) in [7, 11) is 3.75. The molecule has 5 nitrogen and oxygen atoms in total. The van der Waals surface area contributed by atoms with Gasteiger partial charge in [-0.25, -0.2) is 0 Å². The Morgan fingerprint density at radius 2 is 2.26 bits per heavy atom. The third-order valence-corrected chi connectivity index (χ3v) is 3.53. The van der Waals surface area contributed by atoms with E-state index in [4.69, 9.17) is 5.73 Å². The first-order valence-corrected chi connectivity index (χ1v) is 6.67. The highest BCUT2D eigenvalue weighted by Gasteiger charge is 2.18. The molecule has 1 heterocycles. The Bertz CT molecular complexity index is 461. The number of hydrogen-bond donors (Lipinski definition) is 3. The Balaban J connectivity index is 2.12. The minimum absolute atomic E-state index is 0.0937. The summed E-state index contributed by atoms with van der Waals surface area (Å²) in [6.07, 6.45) is 2.32. The number of likely N-dealkylation sites (N-methyl/N-ethyl adjacent to an activating group) is 1. The van der Waals surface area contributed by atoms with Gasteiger partial charge in [0.05, 0.1) is 11.4 Å². The van der Waals surface area contributed by atoms with Crippen molar-refractivity contribution in [2.75, 3.05) is 38.2 Å². The molecule has 104 valence electrons. The lowest BCUT2D eigenvalue weighted by Crippen LogP contribution is -2.39. The minimum Gasteiger partial charge on any atom is -0.397 e. The smallest absolute Gasteiger partial charge is 0.251 e. The third kappa shape index (κ3) is 3.38. The quantitative estimate of drug-likeness (QED) is 0.714. The number of nitrogens with two attached hydrogens (primary N) is 1. The van der Waals surface area contributed by atoms with Crippen LogP contribution >= 0.6 is 0 Å². The average Bonchev–Trinajstić information content (AvgIpc) is 2.40. The van der Waals surface area contributed by atoms with E-state index in [-0.39, 0.29) is 5.91 Å². The number of carbonyl (C=O) groups is 1. The summed E-state index contributed by atoms with van der Waals surface area (Å²) in [6.45, 7) is 2.15. The van der Waals surface area contributed by atoms with Gasteiger partial charge < -0.3 is 21.3 Å². The summed E-state index contributed by atoms with van der Waals surface area (Å²) in [4.78, 5) is 13.9. The zero-order valence-corrected chi connectivity index (χ0v) is 11.6. The highest BCUT2D eigenvalue weighted by atomic mass is 16.1. The molecule has 1 saturated heterocycles. The fraction of sp³-hybridized carbons (Fsp3) is 0.500. The van der Waals surface area contributed by atoms with Crippen LogP contribution in [0.15, 0.2) is 18.2 Å². The van der Waals surface area contributed by atoms with E-state index in [9.17, 15) is 4.79 Å². The van der Waals surface area contributed by atoms with Crippen LogP contribution < -0.4 is 16.4 Å². The molecule has 19 heavy (non-hydrogen) atoms. The molecule has 0 spiro atoms. The molecule has 1 aliphatic rings. The Morgan fingerprint density at radius 3 is 2.95 bits per heavy atom. The number of benzene rings is 1. The zero-order chi connectivity index (χ0) is 13.8. The summed E-state index contributed by atoms with van der Waals surface area (Å²) >= 11 is 0. The minimum atomic E-state index is -0.0937. The number of nitrogen functional groups attached to an aromatic ring is 1. The molecule has 2 rings (SSSR count). The number of amides is 1. The normalized spacial score (nSPS) is 20.0. The predicted molar refractivity (Wildman–Crippen MR) is 78.4 cm³/mol. The van der Waals surface area contributed by atoms with Gasteiger partial charge in [0, 0.05) is 25.2 Å². The summed E-state index contributed by atoms with van der Waals surface area (Å²) in [5.41, 5.74) is 8.13. The van der Waals surface area contributed by atoms with E-state index in [1.807, 2.05) is 6.07 Å². The molecule has 1 aromatic rings. The van der Waals surface area contributed by atoms with E-state index >= 15 is 0 Å². The predicted octanol–water partition coefficient (Wildman–Crippen LogP) is 1.13. The van der Waals surface area contributed by atoms with E-state index in [2.05, 4.69) is 22.6 Å². The number of rotatable bonds is 3. The van der Waals surface area contributed by atoms with Crippen molar-refractivity contribution in [3.63, 3.8) is 0 Å². The van der Waals surface area contributed by atoms with Crippen LogP contribution in [0.5, 0.6) is 0 Å². The van der Waals surface area contributed by atoms with Crippen molar-refractivity contribution >= 4 is 17.3 Å². The van der Waals surface area contributed by atoms with Crippen LogP contribution in [-0.4, -0.2) is 44.0 Å². The summed E-state index contributed by atoms with van der Waals surface area (Å²) in [6, 6.07) is 5.73. The molecule has 1 unspecified atom stereocenters. The molecule has 0 aliphatic carbocycles. The van der Waals surface area contributed by atoms with E-state index in [0.29, 0.717) is 17.3 Å². The Hall–Kier alpha value is -1.75. The SMILES string of the molecule is CNC(=O)c1ccc(N)c(NC2CCCN(C)C2)c1. The Morgan fingerprint density at radius 1 is 1.47 bits per heavy atom. The van der Waals surface area contributed by atoms with Crippen molar-refractivity contribution in [2.45, 2.75) is 18.9 Å². The highest BCUT2D eigenvalue weighted by molar-refractivity contribution is 5.96. The van der Waals surface area contributed by atoms with Gasteiger partial charge in [-0.05, 0) is 44.6 Å². The van der Waals surface area contributed by atoms with Crippen molar-refractivity contribution in [1.82, 2.24) is 10.2 Å². The summed E-state index contributed by atoms with van der Waals surface area (Å²) < 4.78 is 0. The largest absolute Gasteiger partial charge is 0.397 e. The van der Waals surface area contributed by atoms with Crippen LogP contribution in [0.3, 0.4) is 0 Å². The Labute approximate surface area is 114 Å². The molecule has 1 atom stereocenters. The van der Waals surface area contributed by atoms with Crippen LogP contribution in [0.1, 0.15) is 23.2 Å². The first-order chi connectivity index (χ1) is 9.10. The van der Waals surface area contributed by atoms with Crippen LogP contribution in [0.4, 0.5) is 11.4 Å². The number of piperidine rings is 1. The number of anilines is 2. The van der Waals surface area contributed by atoms with Crippen molar-refractivity contribution in [3.8, 4) is 0 Å².